The van der Waals surface area contributed by atoms with Crippen molar-refractivity contribution in [2.24, 2.45) is 11.5 Å². The SMILES string of the molecule is Cc1cc(CN2CCCN(Cc3cc(C)cc(C(CO)(CO)C(N)=O)c3O)CCN(Cc3ccccc3)CC2)c(O)c(C(CO)(CO)C(N)=O)c1. The molecule has 2 amide bonds. The fourth-order valence-corrected chi connectivity index (χ4v) is 6.91. The zero-order valence-corrected chi connectivity index (χ0v) is 29.6. The van der Waals surface area contributed by atoms with E-state index in [1.54, 1.807) is 12.1 Å². The van der Waals surface area contributed by atoms with E-state index in [4.69, 9.17) is 11.5 Å². The lowest BCUT2D eigenvalue weighted by Gasteiger charge is -2.34. The summed E-state index contributed by atoms with van der Waals surface area (Å²) in [5.41, 5.74) is 11.5. The number of aryl methyl sites for hydroxylation is 2. The number of carbonyl (C=O) groups excluding carboxylic acids is 2. The second-order valence-electron chi connectivity index (χ2n) is 13.8. The van der Waals surface area contributed by atoms with Crippen molar-refractivity contribution < 1.29 is 40.2 Å². The topological polar surface area (TPSA) is 217 Å². The molecule has 3 aromatic carbocycles. The van der Waals surface area contributed by atoms with Gasteiger partial charge in [-0.05, 0) is 38.9 Å². The van der Waals surface area contributed by atoms with Crippen LogP contribution in [0.5, 0.6) is 11.5 Å². The molecule has 0 spiro atoms. The molecule has 1 aliphatic heterocycles. The van der Waals surface area contributed by atoms with Crippen LogP contribution in [0.25, 0.3) is 0 Å². The first kappa shape index (κ1) is 39.7. The maximum atomic E-state index is 12.4. The highest BCUT2D eigenvalue weighted by molar-refractivity contribution is 5.89. The number of amides is 2. The third kappa shape index (κ3) is 8.87. The Morgan fingerprint density at radius 1 is 0.608 bits per heavy atom. The predicted molar refractivity (Wildman–Crippen MR) is 193 cm³/mol. The summed E-state index contributed by atoms with van der Waals surface area (Å²) in [6, 6.07) is 16.9. The standard InChI is InChI=1S/C38H53N5O8/c1-26-15-29(33(48)31(17-26)37(22-44,23-45)35(39)50)20-41-9-6-10-42(12-14-43(13-11-41)19-28-7-4-3-5-8-28)21-30-16-27(2)18-32(34(30)49)38(24-46,25-47)36(40)51/h3-5,7-8,15-18,44-49H,6,9-14,19-25H2,1-2H3,(H2,39,50)(H2,40,51). The molecular formula is C38H53N5O8. The highest BCUT2D eigenvalue weighted by Gasteiger charge is 2.42. The Morgan fingerprint density at radius 2 is 0.980 bits per heavy atom. The number of aliphatic hydroxyl groups excluding tert-OH is 4. The van der Waals surface area contributed by atoms with Crippen molar-refractivity contribution in [3.05, 3.63) is 93.5 Å². The van der Waals surface area contributed by atoms with Crippen molar-refractivity contribution in [1.82, 2.24) is 14.7 Å². The van der Waals surface area contributed by atoms with Gasteiger partial charge in [0.25, 0.3) is 0 Å². The Kier molecular flexibility index (Phi) is 13.6. The van der Waals surface area contributed by atoms with E-state index >= 15 is 0 Å². The van der Waals surface area contributed by atoms with E-state index in [0.717, 1.165) is 23.1 Å². The molecule has 13 heteroatoms. The number of phenolic OH excluding ortho intramolecular Hbond substituents is 2. The van der Waals surface area contributed by atoms with Gasteiger partial charge >= 0.3 is 0 Å². The van der Waals surface area contributed by atoms with Crippen LogP contribution in [-0.4, -0.2) is 123 Å². The highest BCUT2D eigenvalue weighted by Crippen LogP contribution is 2.37. The molecule has 0 aliphatic carbocycles. The average molecular weight is 708 g/mol. The van der Waals surface area contributed by atoms with Crippen LogP contribution in [0.3, 0.4) is 0 Å². The second kappa shape index (κ2) is 17.4. The minimum Gasteiger partial charge on any atom is -0.507 e. The molecule has 0 bridgehead atoms. The van der Waals surface area contributed by atoms with Gasteiger partial charge in [-0.15, -0.1) is 0 Å². The van der Waals surface area contributed by atoms with Crippen LogP contribution in [0.15, 0.2) is 54.6 Å². The number of aliphatic hydroxyl groups is 4. The summed E-state index contributed by atoms with van der Waals surface area (Å²) < 4.78 is 0. The fourth-order valence-electron chi connectivity index (χ4n) is 6.91. The Balaban J connectivity index is 1.65. The molecule has 4 rings (SSSR count). The Labute approximate surface area is 299 Å². The van der Waals surface area contributed by atoms with Gasteiger partial charge in [0.15, 0.2) is 0 Å². The molecule has 0 unspecified atom stereocenters. The zero-order chi connectivity index (χ0) is 37.3. The fraction of sp³-hybridized carbons (Fsp3) is 0.474. The largest absolute Gasteiger partial charge is 0.507 e. The van der Waals surface area contributed by atoms with Gasteiger partial charge < -0.3 is 42.1 Å². The third-order valence-corrected chi connectivity index (χ3v) is 10.2. The molecule has 1 heterocycles. The first-order valence-corrected chi connectivity index (χ1v) is 17.2. The number of hydrogen-bond acceptors (Lipinski definition) is 11. The predicted octanol–water partition coefficient (Wildman–Crippen LogP) is 0.340. The van der Waals surface area contributed by atoms with Crippen LogP contribution in [0.4, 0.5) is 0 Å². The van der Waals surface area contributed by atoms with Crippen LogP contribution in [0.2, 0.25) is 0 Å². The van der Waals surface area contributed by atoms with E-state index in [1.165, 1.54) is 0 Å². The van der Waals surface area contributed by atoms with Crippen molar-refractivity contribution in [2.75, 3.05) is 65.7 Å². The number of primary amides is 2. The molecule has 278 valence electrons. The normalized spacial score (nSPS) is 15.9. The Bertz CT molecular complexity index is 1550. The van der Waals surface area contributed by atoms with Crippen LogP contribution in [0.1, 0.15) is 45.4 Å². The molecule has 0 saturated carbocycles. The van der Waals surface area contributed by atoms with Crippen molar-refractivity contribution in [3.8, 4) is 11.5 Å². The van der Waals surface area contributed by atoms with Crippen LogP contribution in [-0.2, 0) is 40.1 Å². The number of carbonyl (C=O) groups is 2. The molecule has 0 aromatic heterocycles. The Morgan fingerprint density at radius 3 is 1.33 bits per heavy atom. The molecular weight excluding hydrogens is 654 g/mol. The van der Waals surface area contributed by atoms with Gasteiger partial charge in [-0.2, -0.15) is 0 Å². The van der Waals surface area contributed by atoms with Crippen LogP contribution < -0.4 is 11.5 Å². The molecule has 0 radical (unpaired) electrons. The first-order chi connectivity index (χ1) is 24.3. The monoisotopic (exact) mass is 707 g/mol. The van der Waals surface area contributed by atoms with Crippen molar-refractivity contribution >= 4 is 11.8 Å². The minimum atomic E-state index is -1.84. The van der Waals surface area contributed by atoms with E-state index in [9.17, 15) is 40.2 Å². The third-order valence-electron chi connectivity index (χ3n) is 10.2. The van der Waals surface area contributed by atoms with Crippen molar-refractivity contribution in [3.63, 3.8) is 0 Å². The smallest absolute Gasteiger partial charge is 0.232 e. The van der Waals surface area contributed by atoms with Crippen molar-refractivity contribution in [2.45, 2.75) is 50.7 Å². The summed E-state index contributed by atoms with van der Waals surface area (Å²) in [6.45, 7) is 6.01. The van der Waals surface area contributed by atoms with E-state index in [1.807, 2.05) is 44.2 Å². The van der Waals surface area contributed by atoms with Crippen LogP contribution >= 0.6 is 0 Å². The molecule has 1 saturated heterocycles. The molecule has 0 atom stereocenters. The molecule has 13 nitrogen and oxygen atoms in total. The van der Waals surface area contributed by atoms with E-state index in [2.05, 4.69) is 26.8 Å². The first-order valence-electron chi connectivity index (χ1n) is 17.2. The van der Waals surface area contributed by atoms with Gasteiger partial charge in [-0.3, -0.25) is 24.3 Å². The quantitative estimate of drug-likeness (QED) is 0.114. The van der Waals surface area contributed by atoms with Crippen molar-refractivity contribution in [1.29, 1.82) is 0 Å². The molecule has 1 fully saturated rings. The Hall–Kier alpha value is -4.08. The van der Waals surface area contributed by atoms with Crippen LogP contribution in [0, 0.1) is 13.8 Å². The second-order valence-corrected chi connectivity index (χ2v) is 13.8. The van der Waals surface area contributed by atoms with Gasteiger partial charge in [0.1, 0.15) is 22.3 Å². The average Bonchev–Trinajstić information content (AvgIpc) is 3.10. The van der Waals surface area contributed by atoms with E-state index in [0.29, 0.717) is 70.0 Å². The molecule has 3 aromatic rings. The molecule has 10 N–H and O–H groups in total. The zero-order valence-electron chi connectivity index (χ0n) is 29.6. The summed E-state index contributed by atoms with van der Waals surface area (Å²) in [6.07, 6.45) is 0.731. The number of rotatable bonds is 14. The summed E-state index contributed by atoms with van der Waals surface area (Å²) in [4.78, 5) is 31.6. The van der Waals surface area contributed by atoms with E-state index in [-0.39, 0.29) is 22.6 Å². The number of phenols is 2. The molecule has 51 heavy (non-hydrogen) atoms. The van der Waals surface area contributed by atoms with Gasteiger partial charge in [0, 0.05) is 68.1 Å². The lowest BCUT2D eigenvalue weighted by molar-refractivity contribution is -0.127. The molecule has 1 aliphatic rings. The van der Waals surface area contributed by atoms with Gasteiger partial charge in [0.05, 0.1) is 26.4 Å². The number of nitrogens with zero attached hydrogens (tertiary/aromatic N) is 3. The summed E-state index contributed by atoms with van der Waals surface area (Å²) in [7, 11) is 0. The lowest BCUT2D eigenvalue weighted by atomic mass is 9.79. The van der Waals surface area contributed by atoms with Gasteiger partial charge in [0.2, 0.25) is 11.8 Å². The highest BCUT2D eigenvalue weighted by atomic mass is 16.3. The summed E-state index contributed by atoms with van der Waals surface area (Å²) >= 11 is 0. The van der Waals surface area contributed by atoms with Gasteiger partial charge in [-0.25, -0.2) is 0 Å². The number of benzene rings is 3. The minimum absolute atomic E-state index is 0.0908. The number of nitrogens with two attached hydrogens (primary N) is 2. The van der Waals surface area contributed by atoms with Gasteiger partial charge in [-0.1, -0.05) is 65.7 Å². The number of aromatic hydroxyl groups is 2. The maximum Gasteiger partial charge on any atom is 0.232 e. The summed E-state index contributed by atoms with van der Waals surface area (Å²) in [5.74, 6) is -2.25. The number of hydrogen-bond donors (Lipinski definition) is 8. The summed E-state index contributed by atoms with van der Waals surface area (Å²) in [5, 5.41) is 63.3. The van der Waals surface area contributed by atoms with E-state index < -0.39 is 49.1 Å². The maximum absolute atomic E-state index is 12.4. The lowest BCUT2D eigenvalue weighted by Crippen LogP contribution is -2.47.